The molecule has 0 spiro atoms. The summed E-state index contributed by atoms with van der Waals surface area (Å²) < 4.78 is 10.5. The van der Waals surface area contributed by atoms with Gasteiger partial charge >= 0.3 is 6.09 Å². The van der Waals surface area contributed by atoms with Gasteiger partial charge in [-0.1, -0.05) is 26.1 Å². The molecule has 0 aliphatic heterocycles. The van der Waals surface area contributed by atoms with Gasteiger partial charge in [0.1, 0.15) is 11.6 Å². The lowest BCUT2D eigenvalue weighted by molar-refractivity contribution is 0.0464. The van der Waals surface area contributed by atoms with E-state index in [4.69, 9.17) is 27.4 Å². The molecular formula is C12H24N2O3S. The Bertz CT molecular complexity index is 288. The van der Waals surface area contributed by atoms with Crippen molar-refractivity contribution < 1.29 is 14.3 Å². The fraction of sp³-hybridized carbons (Fsp3) is 0.833. The molecule has 3 N–H and O–H groups in total. The lowest BCUT2D eigenvalue weighted by Gasteiger charge is -2.23. The molecule has 0 radical (unpaired) electrons. The smallest absolute Gasteiger partial charge is 0.408 e. The SMILES string of the molecule is CC(C)COCC(NC(=O)OC(C)(C)C)C(N)=S. The first kappa shape index (κ1) is 17.1. The first-order valence-corrected chi connectivity index (χ1v) is 6.39. The van der Waals surface area contributed by atoms with Gasteiger partial charge in [0.2, 0.25) is 0 Å². The fourth-order valence-electron chi connectivity index (χ4n) is 1.07. The highest BCUT2D eigenvalue weighted by Crippen LogP contribution is 2.07. The number of rotatable bonds is 6. The molecule has 0 aromatic rings. The lowest BCUT2D eigenvalue weighted by Crippen LogP contribution is -2.48. The molecule has 1 unspecified atom stereocenters. The predicted octanol–water partition coefficient (Wildman–Crippen LogP) is 1.84. The Kier molecular flexibility index (Phi) is 7.16. The second-order valence-corrected chi connectivity index (χ2v) is 6.00. The van der Waals surface area contributed by atoms with Gasteiger partial charge in [-0.25, -0.2) is 4.79 Å². The molecule has 1 atom stereocenters. The molecule has 0 aromatic carbocycles. The maximum absolute atomic E-state index is 11.6. The molecule has 0 fully saturated rings. The third kappa shape index (κ3) is 9.18. The number of hydrogen-bond acceptors (Lipinski definition) is 4. The first-order chi connectivity index (χ1) is 8.11. The van der Waals surface area contributed by atoms with Crippen molar-refractivity contribution in [2.24, 2.45) is 11.7 Å². The molecule has 0 aromatic heterocycles. The standard InChI is InChI=1S/C12H24N2O3S/c1-8(2)6-16-7-9(10(13)18)14-11(15)17-12(3,4)5/h8-9H,6-7H2,1-5H3,(H2,13,18)(H,14,15). The van der Waals surface area contributed by atoms with Gasteiger partial charge in [0.05, 0.1) is 11.6 Å². The van der Waals surface area contributed by atoms with Gasteiger partial charge in [-0.2, -0.15) is 0 Å². The number of nitrogens with two attached hydrogens (primary N) is 1. The number of amides is 1. The minimum atomic E-state index is -0.552. The number of alkyl carbamates (subject to hydrolysis) is 1. The minimum absolute atomic E-state index is 0.185. The lowest BCUT2D eigenvalue weighted by atomic mass is 10.2. The Morgan fingerprint density at radius 3 is 2.28 bits per heavy atom. The van der Waals surface area contributed by atoms with Crippen molar-refractivity contribution in [3.05, 3.63) is 0 Å². The number of thiocarbonyl (C=S) groups is 1. The maximum Gasteiger partial charge on any atom is 0.408 e. The van der Waals surface area contributed by atoms with Crippen LogP contribution in [0.15, 0.2) is 0 Å². The van der Waals surface area contributed by atoms with Crippen LogP contribution in [0.25, 0.3) is 0 Å². The van der Waals surface area contributed by atoms with Crippen LogP contribution in [0.3, 0.4) is 0 Å². The highest BCUT2D eigenvalue weighted by Gasteiger charge is 2.21. The summed E-state index contributed by atoms with van der Waals surface area (Å²) in [7, 11) is 0. The van der Waals surface area contributed by atoms with E-state index >= 15 is 0 Å². The summed E-state index contributed by atoms with van der Waals surface area (Å²) in [5, 5.41) is 2.59. The van der Waals surface area contributed by atoms with E-state index in [2.05, 4.69) is 5.32 Å². The number of hydrogen-bond donors (Lipinski definition) is 2. The number of ether oxygens (including phenoxy) is 2. The van der Waals surface area contributed by atoms with Crippen molar-refractivity contribution >= 4 is 23.3 Å². The van der Waals surface area contributed by atoms with Gasteiger partial charge in [0.25, 0.3) is 0 Å². The third-order valence-corrected chi connectivity index (χ3v) is 2.05. The van der Waals surface area contributed by atoms with Crippen LogP contribution in [-0.4, -0.2) is 35.9 Å². The van der Waals surface area contributed by atoms with E-state index < -0.39 is 17.7 Å². The second kappa shape index (κ2) is 7.53. The molecule has 1 amide bonds. The molecular weight excluding hydrogens is 252 g/mol. The average Bonchev–Trinajstić information content (AvgIpc) is 2.12. The van der Waals surface area contributed by atoms with Crippen LogP contribution in [0.5, 0.6) is 0 Å². The number of nitrogens with one attached hydrogen (secondary N) is 1. The van der Waals surface area contributed by atoms with Gasteiger partial charge < -0.3 is 20.5 Å². The molecule has 0 aliphatic carbocycles. The molecule has 0 rings (SSSR count). The van der Waals surface area contributed by atoms with Crippen LogP contribution in [0.2, 0.25) is 0 Å². The van der Waals surface area contributed by atoms with Crippen molar-refractivity contribution in [1.82, 2.24) is 5.32 Å². The molecule has 5 nitrogen and oxygen atoms in total. The molecule has 0 bridgehead atoms. The Hall–Kier alpha value is -0.880. The summed E-state index contributed by atoms with van der Waals surface area (Å²) >= 11 is 4.88. The Morgan fingerprint density at radius 1 is 1.33 bits per heavy atom. The van der Waals surface area contributed by atoms with Gasteiger partial charge in [-0.15, -0.1) is 0 Å². The molecule has 0 aliphatic rings. The largest absolute Gasteiger partial charge is 0.444 e. The van der Waals surface area contributed by atoms with E-state index in [1.807, 2.05) is 13.8 Å². The average molecular weight is 276 g/mol. The van der Waals surface area contributed by atoms with Crippen LogP contribution < -0.4 is 11.1 Å². The zero-order chi connectivity index (χ0) is 14.3. The monoisotopic (exact) mass is 276 g/mol. The van der Waals surface area contributed by atoms with E-state index in [1.165, 1.54) is 0 Å². The van der Waals surface area contributed by atoms with Gasteiger partial charge in [-0.3, -0.25) is 0 Å². The fourth-order valence-corrected chi connectivity index (χ4v) is 1.19. The molecule has 6 heteroatoms. The zero-order valence-electron chi connectivity index (χ0n) is 11.8. The summed E-state index contributed by atoms with van der Waals surface area (Å²) in [5.41, 5.74) is 4.99. The van der Waals surface area contributed by atoms with Crippen molar-refractivity contribution in [3.63, 3.8) is 0 Å². The molecule has 18 heavy (non-hydrogen) atoms. The van der Waals surface area contributed by atoms with Crippen molar-refractivity contribution in [3.8, 4) is 0 Å². The van der Waals surface area contributed by atoms with E-state index in [0.29, 0.717) is 12.5 Å². The van der Waals surface area contributed by atoms with Crippen LogP contribution in [0.4, 0.5) is 4.79 Å². The third-order valence-electron chi connectivity index (χ3n) is 1.77. The Morgan fingerprint density at radius 2 is 1.89 bits per heavy atom. The quantitative estimate of drug-likeness (QED) is 0.724. The molecule has 106 valence electrons. The number of carbonyl (C=O) groups is 1. The van der Waals surface area contributed by atoms with Crippen LogP contribution >= 0.6 is 12.2 Å². The van der Waals surface area contributed by atoms with Gasteiger partial charge in [0.15, 0.2) is 0 Å². The summed E-state index contributed by atoms with van der Waals surface area (Å²) in [6.07, 6.45) is -0.548. The van der Waals surface area contributed by atoms with Gasteiger partial charge in [0, 0.05) is 6.61 Å². The van der Waals surface area contributed by atoms with Crippen LogP contribution in [0.1, 0.15) is 34.6 Å². The highest BCUT2D eigenvalue weighted by molar-refractivity contribution is 7.80. The number of carbonyl (C=O) groups excluding carboxylic acids is 1. The molecule has 0 heterocycles. The minimum Gasteiger partial charge on any atom is -0.444 e. The molecule has 0 saturated heterocycles. The summed E-state index contributed by atoms with van der Waals surface area (Å²) in [6.45, 7) is 10.3. The van der Waals surface area contributed by atoms with Crippen LogP contribution in [-0.2, 0) is 9.47 Å². The normalized spacial score (nSPS) is 13.2. The van der Waals surface area contributed by atoms with Gasteiger partial charge in [-0.05, 0) is 26.7 Å². The Balaban J connectivity index is 4.19. The van der Waals surface area contributed by atoms with Crippen molar-refractivity contribution in [1.29, 1.82) is 0 Å². The van der Waals surface area contributed by atoms with E-state index in [1.54, 1.807) is 20.8 Å². The van der Waals surface area contributed by atoms with E-state index in [0.717, 1.165) is 0 Å². The topological polar surface area (TPSA) is 73.6 Å². The summed E-state index contributed by atoms with van der Waals surface area (Å²) in [5.74, 6) is 0.415. The van der Waals surface area contributed by atoms with E-state index in [-0.39, 0.29) is 11.6 Å². The maximum atomic E-state index is 11.6. The second-order valence-electron chi connectivity index (χ2n) is 5.53. The van der Waals surface area contributed by atoms with E-state index in [9.17, 15) is 4.79 Å². The summed E-state index contributed by atoms with van der Waals surface area (Å²) in [6, 6.07) is -0.506. The molecule has 0 saturated carbocycles. The summed E-state index contributed by atoms with van der Waals surface area (Å²) in [4.78, 5) is 11.8. The zero-order valence-corrected chi connectivity index (χ0v) is 12.6. The first-order valence-electron chi connectivity index (χ1n) is 5.98. The predicted molar refractivity (Wildman–Crippen MR) is 75.6 cm³/mol. The van der Waals surface area contributed by atoms with Crippen LogP contribution in [0, 0.1) is 5.92 Å². The van der Waals surface area contributed by atoms with Crippen molar-refractivity contribution in [2.75, 3.05) is 13.2 Å². The van der Waals surface area contributed by atoms with Crippen molar-refractivity contribution in [2.45, 2.75) is 46.3 Å². The Labute approximate surface area is 114 Å². The highest BCUT2D eigenvalue weighted by atomic mass is 32.1.